The molecule has 0 fully saturated rings. The molecule has 0 saturated carbocycles. The molecule has 5 aliphatic rings. The molecule has 272 valence electrons. The van der Waals surface area contributed by atoms with Crippen molar-refractivity contribution in [1.29, 1.82) is 0 Å². The minimum Gasteiger partial charge on any atom is -0.456 e. The molecule has 6 aromatic carbocycles. The monoisotopic (exact) mass is 782 g/mol. The van der Waals surface area contributed by atoms with Crippen LogP contribution in [0.3, 0.4) is 0 Å². The molecule has 0 saturated heterocycles. The van der Waals surface area contributed by atoms with Gasteiger partial charge in [0.25, 0.3) is 0 Å². The molecule has 4 aliphatic heterocycles. The van der Waals surface area contributed by atoms with E-state index < -0.39 is 0 Å². The van der Waals surface area contributed by atoms with Crippen LogP contribution < -0.4 is 19.7 Å². The molecule has 0 atom stereocenters. The van der Waals surface area contributed by atoms with Gasteiger partial charge in [-0.2, -0.15) is 4.58 Å². The minimum absolute atomic E-state index is 0.0291. The van der Waals surface area contributed by atoms with E-state index in [0.29, 0.717) is 6.54 Å². The van der Waals surface area contributed by atoms with Crippen molar-refractivity contribution in [3.8, 4) is 22.5 Å². The zero-order chi connectivity index (χ0) is 37.3. The van der Waals surface area contributed by atoms with Gasteiger partial charge in [-0.1, -0.05) is 90.7 Å². The van der Waals surface area contributed by atoms with Gasteiger partial charge in [0.15, 0.2) is 6.54 Å². The van der Waals surface area contributed by atoms with Crippen molar-refractivity contribution in [2.45, 2.75) is 42.7 Å². The molecule has 4 heterocycles. The van der Waals surface area contributed by atoms with Crippen LogP contribution in [-0.4, -0.2) is 24.8 Å². The number of aliphatic hydroxyl groups excluding tert-OH is 1. The van der Waals surface area contributed by atoms with E-state index in [9.17, 15) is 5.11 Å². The first-order valence-corrected chi connectivity index (χ1v) is 21.5. The lowest BCUT2D eigenvalue weighted by molar-refractivity contribution is 0.291. The number of fused-ring (bicyclic) bond motifs is 2. The Morgan fingerprint density at radius 1 is 0.625 bits per heavy atom. The van der Waals surface area contributed by atoms with Crippen LogP contribution in [-0.2, 0) is 0 Å². The Morgan fingerprint density at radius 2 is 1.25 bits per heavy atom. The Labute approximate surface area is 338 Å². The zero-order valence-electron chi connectivity index (χ0n) is 30.6. The van der Waals surface area contributed by atoms with E-state index in [-0.39, 0.29) is 6.61 Å². The highest BCUT2D eigenvalue weighted by Crippen LogP contribution is 2.67. The number of hydrogen-bond acceptors (Lipinski definition) is 7. The van der Waals surface area contributed by atoms with E-state index in [1.165, 1.54) is 52.0 Å². The van der Waals surface area contributed by atoms with Crippen molar-refractivity contribution in [2.75, 3.05) is 29.5 Å². The van der Waals surface area contributed by atoms with Gasteiger partial charge in [0, 0.05) is 88.1 Å². The number of nitrogens with zero attached hydrogens (tertiary/aromatic N) is 3. The Hall–Kier alpha value is -5.38. The van der Waals surface area contributed by atoms with E-state index in [2.05, 4.69) is 149 Å². The van der Waals surface area contributed by atoms with Crippen LogP contribution in [0.15, 0.2) is 179 Å². The number of hydrogen-bond donors (Lipinski definition) is 1. The van der Waals surface area contributed by atoms with Gasteiger partial charge in [0.1, 0.15) is 18.0 Å². The molecule has 5 nitrogen and oxygen atoms in total. The molecule has 8 heteroatoms. The van der Waals surface area contributed by atoms with Crippen molar-refractivity contribution in [1.82, 2.24) is 4.58 Å². The molecule has 0 unspecified atom stereocenters. The van der Waals surface area contributed by atoms with Gasteiger partial charge in [-0.15, -0.1) is 0 Å². The number of benzene rings is 7. The van der Waals surface area contributed by atoms with Crippen molar-refractivity contribution in [3.05, 3.63) is 151 Å². The Bertz CT molecular complexity index is 2820. The first-order valence-electron chi connectivity index (χ1n) is 19.0. The standard InChI is InChI=1S/C48H36N3O2S3/c1-2-23-49(31-11-5-3-6-12-31)33-19-21-35-37(28-33)53-38-29-34(50(24-25-52)32-13-7-4-8-14-32)20-22-36(38)45(35)30-26-43-48-44(27-30)56-42-18-10-16-40-47(42)51(48)46-39(54-40)15-9-17-41(46)55-43/h3-22,26-29,52H,2,23-25H2,1H3/q+1. The fourth-order valence-corrected chi connectivity index (χ4v) is 12.1. The fraction of sp³-hybridized carbons (Fsp3) is 0.104. The van der Waals surface area contributed by atoms with Gasteiger partial charge >= 0.3 is 0 Å². The quantitative estimate of drug-likeness (QED) is 0.122. The lowest BCUT2D eigenvalue weighted by Crippen LogP contribution is -2.28. The molecule has 11 rings (SSSR count). The van der Waals surface area contributed by atoms with Crippen LogP contribution in [0.2, 0.25) is 0 Å². The van der Waals surface area contributed by atoms with Crippen LogP contribution in [0, 0.1) is 0 Å². The number of aliphatic hydroxyl groups is 1. The van der Waals surface area contributed by atoms with Gasteiger partial charge in [0.05, 0.1) is 23.1 Å². The summed E-state index contributed by atoms with van der Waals surface area (Å²) in [6.45, 7) is 3.60. The lowest BCUT2D eigenvalue weighted by atomic mass is 9.93. The van der Waals surface area contributed by atoms with Crippen LogP contribution >= 0.6 is 35.3 Å². The van der Waals surface area contributed by atoms with Gasteiger partial charge in [-0.25, -0.2) is 0 Å². The molecular formula is C48H36N3O2S3+. The Kier molecular flexibility index (Phi) is 8.28. The molecule has 1 N–H and O–H groups in total. The number of para-hydroxylation sites is 4. The van der Waals surface area contributed by atoms with Crippen LogP contribution in [0.5, 0.6) is 0 Å². The van der Waals surface area contributed by atoms with Crippen molar-refractivity contribution in [3.63, 3.8) is 0 Å². The molecule has 0 spiro atoms. The zero-order valence-corrected chi connectivity index (χ0v) is 33.1. The smallest absolute Gasteiger partial charge is 0.209 e. The topological polar surface area (TPSA) is 42.9 Å². The summed E-state index contributed by atoms with van der Waals surface area (Å²) >= 11 is 5.64. The molecule has 0 radical (unpaired) electrons. The molecule has 56 heavy (non-hydrogen) atoms. The summed E-state index contributed by atoms with van der Waals surface area (Å²) in [4.78, 5) is 12.6. The third-order valence-corrected chi connectivity index (χ3v) is 14.1. The average Bonchev–Trinajstić information content (AvgIpc) is 3.24. The molecule has 1 aliphatic carbocycles. The molecular weight excluding hydrogens is 747 g/mol. The Balaban J connectivity index is 1.17. The minimum atomic E-state index is 0.0291. The van der Waals surface area contributed by atoms with E-state index in [4.69, 9.17) is 4.42 Å². The van der Waals surface area contributed by atoms with Gasteiger partial charge in [-0.3, -0.25) is 0 Å². The third kappa shape index (κ3) is 5.42. The maximum Gasteiger partial charge on any atom is 0.209 e. The summed E-state index contributed by atoms with van der Waals surface area (Å²) in [7, 11) is 0. The second kappa shape index (κ2) is 13.7. The highest BCUT2D eigenvalue weighted by atomic mass is 32.2. The maximum atomic E-state index is 10.2. The lowest BCUT2D eigenvalue weighted by Gasteiger charge is -2.42. The van der Waals surface area contributed by atoms with E-state index >= 15 is 0 Å². The molecule has 6 aromatic rings. The van der Waals surface area contributed by atoms with E-state index in [1.807, 2.05) is 53.5 Å². The largest absolute Gasteiger partial charge is 0.456 e. The summed E-state index contributed by atoms with van der Waals surface area (Å²) in [6.07, 6.45) is 1.01. The summed E-state index contributed by atoms with van der Waals surface area (Å²) < 4.78 is 9.14. The first-order chi connectivity index (χ1) is 27.7. The van der Waals surface area contributed by atoms with Gasteiger partial charge in [-0.05, 0) is 78.7 Å². The van der Waals surface area contributed by atoms with Crippen LogP contribution in [0.1, 0.15) is 13.3 Å². The second-order valence-electron chi connectivity index (χ2n) is 14.2. The highest BCUT2D eigenvalue weighted by molar-refractivity contribution is 8.01. The maximum absolute atomic E-state index is 10.2. The molecule has 0 aromatic heterocycles. The van der Waals surface area contributed by atoms with Crippen molar-refractivity contribution >= 4 is 80.4 Å². The number of anilines is 5. The average molecular weight is 783 g/mol. The predicted octanol–water partition coefficient (Wildman–Crippen LogP) is 12.7. The van der Waals surface area contributed by atoms with E-state index in [1.54, 1.807) is 0 Å². The summed E-state index contributed by atoms with van der Waals surface area (Å²) in [5.41, 5.74) is 11.4. The molecule has 0 bridgehead atoms. The molecule has 0 amide bonds. The van der Waals surface area contributed by atoms with Gasteiger partial charge < -0.3 is 19.3 Å². The van der Waals surface area contributed by atoms with Crippen LogP contribution in [0.25, 0.3) is 33.4 Å². The fourth-order valence-electron chi connectivity index (χ4n) is 8.44. The van der Waals surface area contributed by atoms with E-state index in [0.717, 1.165) is 63.2 Å². The third-order valence-electron chi connectivity index (χ3n) is 10.8. The SMILES string of the molecule is CCCN(c1ccccc1)c1ccc2c(-c3cc4c5c(c3)Sc3cccc6c3N5c3c(cccc3S4)S6)c3ccc(=[N+](CCO)c4ccccc4)cc-3oc2c1. The second-order valence-corrected chi connectivity index (χ2v) is 17.5. The van der Waals surface area contributed by atoms with Gasteiger partial charge in [0.2, 0.25) is 11.0 Å². The van der Waals surface area contributed by atoms with Crippen molar-refractivity contribution < 1.29 is 9.52 Å². The summed E-state index contributed by atoms with van der Waals surface area (Å²) in [6, 6.07) is 52.3. The summed E-state index contributed by atoms with van der Waals surface area (Å²) in [5, 5.41) is 12.2. The Morgan fingerprint density at radius 3 is 1.89 bits per heavy atom. The highest BCUT2D eigenvalue weighted by Gasteiger charge is 2.39. The van der Waals surface area contributed by atoms with Crippen molar-refractivity contribution in [2.24, 2.45) is 0 Å². The predicted molar refractivity (Wildman–Crippen MR) is 232 cm³/mol. The van der Waals surface area contributed by atoms with Crippen LogP contribution in [0.4, 0.5) is 34.1 Å². The summed E-state index contributed by atoms with van der Waals surface area (Å²) in [5.74, 6) is 0.799. The number of rotatable bonds is 8. The first kappa shape index (κ1) is 33.9. The normalized spacial score (nSPS) is 13.9.